The van der Waals surface area contributed by atoms with Gasteiger partial charge in [-0.05, 0) is 31.2 Å². The van der Waals surface area contributed by atoms with Gasteiger partial charge in [0.2, 0.25) is 0 Å². The summed E-state index contributed by atoms with van der Waals surface area (Å²) in [5, 5.41) is 11.9. The summed E-state index contributed by atoms with van der Waals surface area (Å²) in [7, 11) is 0. The Labute approximate surface area is 161 Å². The minimum absolute atomic E-state index is 0.0449. The lowest BCUT2D eigenvalue weighted by atomic mass is 10.2. The van der Waals surface area contributed by atoms with E-state index in [1.54, 1.807) is 43.3 Å². The van der Waals surface area contributed by atoms with E-state index in [0.717, 1.165) is 4.70 Å². The van der Waals surface area contributed by atoms with Crippen LogP contribution in [0.3, 0.4) is 0 Å². The molecular weight excluding hydrogens is 382 g/mol. The van der Waals surface area contributed by atoms with Crippen molar-refractivity contribution in [2.75, 3.05) is 0 Å². The Morgan fingerprint density at radius 3 is 2.82 bits per heavy atom. The predicted molar refractivity (Wildman–Crippen MR) is 105 cm³/mol. The van der Waals surface area contributed by atoms with Crippen LogP contribution in [0.1, 0.15) is 28.5 Å². The highest BCUT2D eigenvalue weighted by atomic mass is 32.1. The highest BCUT2D eigenvalue weighted by Crippen LogP contribution is 2.30. The molecule has 0 saturated heterocycles. The van der Waals surface area contributed by atoms with E-state index in [4.69, 9.17) is 4.74 Å². The van der Waals surface area contributed by atoms with Gasteiger partial charge >= 0.3 is 5.97 Å². The number of non-ortho nitro benzene ring substituents is 1. The summed E-state index contributed by atoms with van der Waals surface area (Å²) in [4.78, 5) is 42.4. The lowest BCUT2D eigenvalue weighted by Crippen LogP contribution is -2.17. The third-order valence-corrected chi connectivity index (χ3v) is 5.31. The van der Waals surface area contributed by atoms with Crippen LogP contribution < -0.4 is 5.56 Å². The predicted octanol–water partition coefficient (Wildman–Crippen LogP) is 3.96. The van der Waals surface area contributed by atoms with E-state index in [1.165, 1.54) is 23.5 Å². The zero-order chi connectivity index (χ0) is 19.8. The van der Waals surface area contributed by atoms with Crippen molar-refractivity contribution in [1.29, 1.82) is 0 Å². The standard InChI is InChI=1S/C19H13N3O5S/c1-10(17-20-14-5-3-2-4-13(14)18(23)21-17)27-19(24)16-9-11-8-12(22(25)26)6-7-15(11)28-16/h2-10H,1H3,(H,20,21,23)/t10-/m0/s1. The molecule has 0 bridgehead atoms. The summed E-state index contributed by atoms with van der Waals surface area (Å²) in [5.41, 5.74) is 0.160. The van der Waals surface area contributed by atoms with Gasteiger partial charge in [0.1, 0.15) is 4.88 Å². The third kappa shape index (κ3) is 3.23. The first-order valence-corrected chi connectivity index (χ1v) is 9.12. The van der Waals surface area contributed by atoms with Crippen molar-refractivity contribution in [1.82, 2.24) is 9.97 Å². The lowest BCUT2D eigenvalue weighted by Gasteiger charge is -2.12. The van der Waals surface area contributed by atoms with Crippen LogP contribution in [0.5, 0.6) is 0 Å². The monoisotopic (exact) mass is 395 g/mol. The maximum absolute atomic E-state index is 12.5. The Morgan fingerprint density at radius 2 is 2.04 bits per heavy atom. The van der Waals surface area contributed by atoms with E-state index in [0.29, 0.717) is 21.2 Å². The topological polar surface area (TPSA) is 115 Å². The van der Waals surface area contributed by atoms with Gasteiger partial charge in [-0.2, -0.15) is 0 Å². The van der Waals surface area contributed by atoms with E-state index < -0.39 is 17.0 Å². The zero-order valence-electron chi connectivity index (χ0n) is 14.5. The molecule has 1 atom stereocenters. The van der Waals surface area contributed by atoms with Crippen LogP contribution >= 0.6 is 11.3 Å². The minimum Gasteiger partial charge on any atom is -0.450 e. The van der Waals surface area contributed by atoms with Gasteiger partial charge in [-0.15, -0.1) is 11.3 Å². The summed E-state index contributed by atoms with van der Waals surface area (Å²) in [6, 6.07) is 12.8. The summed E-state index contributed by atoms with van der Waals surface area (Å²) in [5.74, 6) is -0.346. The quantitative estimate of drug-likeness (QED) is 0.318. The molecule has 0 aliphatic rings. The van der Waals surface area contributed by atoms with Gasteiger partial charge in [0.25, 0.3) is 11.2 Å². The van der Waals surface area contributed by atoms with Gasteiger partial charge in [0.15, 0.2) is 11.9 Å². The molecule has 4 aromatic rings. The number of aromatic amines is 1. The number of thiophene rings is 1. The third-order valence-electron chi connectivity index (χ3n) is 4.21. The number of fused-ring (bicyclic) bond motifs is 2. The normalized spacial score (nSPS) is 12.2. The van der Waals surface area contributed by atoms with Crippen molar-refractivity contribution in [2.24, 2.45) is 0 Å². The number of nitro benzene ring substituents is 1. The summed E-state index contributed by atoms with van der Waals surface area (Å²) >= 11 is 1.18. The molecule has 0 saturated carbocycles. The molecule has 0 fully saturated rings. The fourth-order valence-corrected chi connectivity index (χ4v) is 3.74. The minimum atomic E-state index is -0.774. The number of ether oxygens (including phenoxy) is 1. The molecule has 9 heteroatoms. The molecule has 0 amide bonds. The number of rotatable bonds is 4. The van der Waals surface area contributed by atoms with Crippen molar-refractivity contribution in [3.8, 4) is 0 Å². The van der Waals surface area contributed by atoms with Gasteiger partial charge in [-0.25, -0.2) is 9.78 Å². The fourth-order valence-electron chi connectivity index (χ4n) is 2.82. The van der Waals surface area contributed by atoms with Crippen LogP contribution in [0, 0.1) is 10.1 Å². The van der Waals surface area contributed by atoms with Gasteiger partial charge in [0.05, 0.1) is 15.8 Å². The number of carbonyl (C=O) groups is 1. The van der Waals surface area contributed by atoms with E-state index in [9.17, 15) is 19.7 Å². The van der Waals surface area contributed by atoms with Gasteiger partial charge in [-0.3, -0.25) is 14.9 Å². The fraction of sp³-hybridized carbons (Fsp3) is 0.105. The van der Waals surface area contributed by atoms with Crippen molar-refractivity contribution in [3.05, 3.63) is 79.7 Å². The summed E-state index contributed by atoms with van der Waals surface area (Å²) in [6.45, 7) is 1.61. The Kier molecular flexibility index (Phi) is 4.36. The molecule has 4 rings (SSSR count). The van der Waals surface area contributed by atoms with Crippen molar-refractivity contribution in [3.63, 3.8) is 0 Å². The summed E-state index contributed by atoms with van der Waals surface area (Å²) in [6.07, 6.45) is -0.774. The average molecular weight is 395 g/mol. The number of hydrogen-bond donors (Lipinski definition) is 1. The first-order chi connectivity index (χ1) is 13.4. The SMILES string of the molecule is C[C@H](OC(=O)c1cc2cc([N+](=O)[O-])ccc2s1)c1nc2ccccc2c(=O)[nH]1. The number of nitrogens with one attached hydrogen (secondary N) is 1. The Morgan fingerprint density at radius 1 is 1.25 bits per heavy atom. The Balaban J connectivity index is 1.60. The highest BCUT2D eigenvalue weighted by molar-refractivity contribution is 7.20. The molecule has 28 heavy (non-hydrogen) atoms. The number of para-hydroxylation sites is 1. The molecule has 0 unspecified atom stereocenters. The van der Waals surface area contributed by atoms with Crippen LogP contribution in [0.4, 0.5) is 5.69 Å². The second kappa shape index (κ2) is 6.86. The molecule has 2 aromatic heterocycles. The molecule has 0 aliphatic heterocycles. The maximum Gasteiger partial charge on any atom is 0.349 e. The van der Waals surface area contributed by atoms with Gasteiger partial charge in [-0.1, -0.05) is 12.1 Å². The number of aromatic nitrogens is 2. The second-order valence-corrected chi connectivity index (χ2v) is 7.19. The van der Waals surface area contributed by atoms with E-state index in [2.05, 4.69) is 9.97 Å². The molecule has 2 heterocycles. The van der Waals surface area contributed by atoms with Crippen molar-refractivity contribution in [2.45, 2.75) is 13.0 Å². The highest BCUT2D eigenvalue weighted by Gasteiger charge is 2.19. The Hall–Kier alpha value is -3.59. The number of nitro groups is 1. The summed E-state index contributed by atoms with van der Waals surface area (Å²) < 4.78 is 6.18. The van der Waals surface area contributed by atoms with Crippen molar-refractivity contribution >= 4 is 44.0 Å². The van der Waals surface area contributed by atoms with Gasteiger partial charge < -0.3 is 9.72 Å². The molecule has 140 valence electrons. The molecule has 8 nitrogen and oxygen atoms in total. The number of H-pyrrole nitrogens is 1. The van der Waals surface area contributed by atoms with Crippen LogP contribution in [0.25, 0.3) is 21.0 Å². The van der Waals surface area contributed by atoms with Crippen LogP contribution in [-0.4, -0.2) is 20.9 Å². The molecule has 2 aromatic carbocycles. The van der Waals surface area contributed by atoms with E-state index in [-0.39, 0.29) is 17.1 Å². The number of nitrogens with zero attached hydrogens (tertiary/aromatic N) is 2. The molecule has 1 N–H and O–H groups in total. The average Bonchev–Trinajstić information content (AvgIpc) is 3.11. The lowest BCUT2D eigenvalue weighted by molar-refractivity contribution is -0.384. The number of carbonyl (C=O) groups excluding carboxylic acids is 1. The zero-order valence-corrected chi connectivity index (χ0v) is 15.4. The largest absolute Gasteiger partial charge is 0.450 e. The van der Waals surface area contributed by atoms with Crippen LogP contribution in [0.15, 0.2) is 53.3 Å². The maximum atomic E-state index is 12.5. The first-order valence-electron chi connectivity index (χ1n) is 8.30. The number of benzene rings is 2. The first kappa shape index (κ1) is 17.8. The molecule has 0 aliphatic carbocycles. The van der Waals surface area contributed by atoms with E-state index in [1.807, 2.05) is 0 Å². The van der Waals surface area contributed by atoms with E-state index >= 15 is 0 Å². The number of esters is 1. The smallest absolute Gasteiger partial charge is 0.349 e. The van der Waals surface area contributed by atoms with Gasteiger partial charge in [0, 0.05) is 22.2 Å². The Bertz CT molecular complexity index is 1290. The molecule has 0 radical (unpaired) electrons. The van der Waals surface area contributed by atoms with Crippen LogP contribution in [-0.2, 0) is 4.74 Å². The second-order valence-electron chi connectivity index (χ2n) is 6.11. The molecular formula is C19H13N3O5S. The molecule has 0 spiro atoms. The number of hydrogen-bond acceptors (Lipinski definition) is 7. The van der Waals surface area contributed by atoms with Crippen molar-refractivity contribution < 1.29 is 14.5 Å². The van der Waals surface area contributed by atoms with Crippen LogP contribution in [0.2, 0.25) is 0 Å².